The third-order valence-corrected chi connectivity index (χ3v) is 6.59. The number of esters is 1. The van der Waals surface area contributed by atoms with Crippen molar-refractivity contribution in [3.05, 3.63) is 0 Å². The molecule has 7 atom stereocenters. The quantitative estimate of drug-likeness (QED) is 0.662. The monoisotopic (exact) mass is 380 g/mol. The molecule has 0 aliphatic heterocycles. The van der Waals surface area contributed by atoms with Gasteiger partial charge in [-0.2, -0.15) is 0 Å². The van der Waals surface area contributed by atoms with Gasteiger partial charge in [-0.3, -0.25) is 9.59 Å². The standard InChI is InChI=1S/C22H40N2O3/c1-6-27-22(26)20(23-18-9-7-14(2)11-16(18)4)13-21(25)24-19-10-8-15(3)12-17(19)5/h14-20,23H,6-13H2,1-5H3,(H,24,25). The summed E-state index contributed by atoms with van der Waals surface area (Å²) in [4.78, 5) is 25.1. The van der Waals surface area contributed by atoms with Gasteiger partial charge >= 0.3 is 5.97 Å². The smallest absolute Gasteiger partial charge is 0.323 e. The van der Waals surface area contributed by atoms with Crippen LogP contribution in [0, 0.1) is 23.7 Å². The predicted octanol–water partition coefficient (Wildman–Crippen LogP) is 3.66. The molecule has 0 heterocycles. The lowest BCUT2D eigenvalue weighted by Crippen LogP contribution is -2.51. The first kappa shape index (κ1) is 22.2. The minimum absolute atomic E-state index is 0.0382. The maximum atomic E-state index is 12.7. The van der Waals surface area contributed by atoms with E-state index in [0.717, 1.165) is 43.9 Å². The number of nitrogens with one attached hydrogen (secondary N) is 2. The Morgan fingerprint density at radius 3 is 2.00 bits per heavy atom. The molecule has 27 heavy (non-hydrogen) atoms. The van der Waals surface area contributed by atoms with Crippen LogP contribution in [0.5, 0.6) is 0 Å². The number of ether oxygens (including phenoxy) is 1. The van der Waals surface area contributed by atoms with Crippen molar-refractivity contribution in [2.24, 2.45) is 23.7 Å². The first-order valence-electron chi connectivity index (χ1n) is 11.0. The Morgan fingerprint density at radius 1 is 0.926 bits per heavy atom. The lowest BCUT2D eigenvalue weighted by atomic mass is 9.79. The van der Waals surface area contributed by atoms with Crippen LogP contribution in [0.1, 0.15) is 79.6 Å². The topological polar surface area (TPSA) is 67.4 Å². The van der Waals surface area contributed by atoms with E-state index in [1.807, 2.05) is 6.92 Å². The summed E-state index contributed by atoms with van der Waals surface area (Å²) >= 11 is 0. The first-order chi connectivity index (χ1) is 12.8. The molecule has 0 aromatic heterocycles. The third kappa shape index (κ3) is 6.78. The number of rotatable bonds is 7. The van der Waals surface area contributed by atoms with Gasteiger partial charge in [0.2, 0.25) is 5.91 Å². The Bertz CT molecular complexity index is 496. The van der Waals surface area contributed by atoms with E-state index in [1.165, 1.54) is 6.42 Å². The largest absolute Gasteiger partial charge is 0.465 e. The normalized spacial score (nSPS) is 35.3. The molecule has 1 amide bonds. The van der Waals surface area contributed by atoms with Crippen LogP contribution in [0.4, 0.5) is 0 Å². The highest BCUT2D eigenvalue weighted by Gasteiger charge is 2.33. The zero-order valence-corrected chi connectivity index (χ0v) is 17.9. The van der Waals surface area contributed by atoms with Crippen molar-refractivity contribution in [2.75, 3.05) is 6.61 Å². The molecule has 2 N–H and O–H groups in total. The van der Waals surface area contributed by atoms with Crippen molar-refractivity contribution in [1.29, 1.82) is 0 Å². The zero-order valence-electron chi connectivity index (χ0n) is 17.9. The first-order valence-corrected chi connectivity index (χ1v) is 11.0. The summed E-state index contributed by atoms with van der Waals surface area (Å²) in [6, 6.07) is -0.0486. The van der Waals surface area contributed by atoms with E-state index in [4.69, 9.17) is 4.74 Å². The van der Waals surface area contributed by atoms with Crippen molar-refractivity contribution < 1.29 is 14.3 Å². The number of hydrogen-bond donors (Lipinski definition) is 2. The highest BCUT2D eigenvalue weighted by Crippen LogP contribution is 2.30. The molecule has 0 radical (unpaired) electrons. The Hall–Kier alpha value is -1.10. The van der Waals surface area contributed by atoms with E-state index in [1.54, 1.807) is 0 Å². The van der Waals surface area contributed by atoms with Gasteiger partial charge in [-0.05, 0) is 69.1 Å². The predicted molar refractivity (Wildman–Crippen MR) is 108 cm³/mol. The molecular formula is C22H40N2O3. The SMILES string of the molecule is CCOC(=O)C(CC(=O)NC1CCC(C)CC1C)NC1CCC(C)CC1C. The van der Waals surface area contributed by atoms with Crippen LogP contribution in [0.2, 0.25) is 0 Å². The molecule has 0 spiro atoms. The summed E-state index contributed by atoms with van der Waals surface area (Å²) in [5.74, 6) is 2.13. The second-order valence-corrected chi connectivity index (χ2v) is 9.25. The van der Waals surface area contributed by atoms with Crippen LogP contribution < -0.4 is 10.6 Å². The summed E-state index contributed by atoms with van der Waals surface area (Å²) in [6.07, 6.45) is 6.89. The Balaban J connectivity index is 1.93. The van der Waals surface area contributed by atoms with E-state index < -0.39 is 6.04 Å². The van der Waals surface area contributed by atoms with E-state index in [0.29, 0.717) is 18.4 Å². The van der Waals surface area contributed by atoms with Crippen molar-refractivity contribution in [2.45, 2.75) is 97.7 Å². The minimum Gasteiger partial charge on any atom is -0.465 e. The molecule has 0 saturated heterocycles. The van der Waals surface area contributed by atoms with Crippen LogP contribution in [0.3, 0.4) is 0 Å². The van der Waals surface area contributed by atoms with Gasteiger partial charge in [0.25, 0.3) is 0 Å². The fourth-order valence-electron chi connectivity index (χ4n) is 4.96. The molecule has 7 unspecified atom stereocenters. The van der Waals surface area contributed by atoms with Crippen molar-refractivity contribution in [3.63, 3.8) is 0 Å². The molecule has 5 nitrogen and oxygen atoms in total. The van der Waals surface area contributed by atoms with Gasteiger partial charge in [-0.25, -0.2) is 0 Å². The van der Waals surface area contributed by atoms with Crippen molar-refractivity contribution in [1.82, 2.24) is 10.6 Å². The van der Waals surface area contributed by atoms with Crippen LogP contribution in [0.15, 0.2) is 0 Å². The summed E-state index contributed by atoms with van der Waals surface area (Å²) in [6.45, 7) is 11.2. The molecule has 2 aliphatic carbocycles. The van der Waals surface area contributed by atoms with Crippen LogP contribution in [-0.4, -0.2) is 36.6 Å². The van der Waals surface area contributed by atoms with Gasteiger partial charge in [0, 0.05) is 12.1 Å². The summed E-state index contributed by atoms with van der Waals surface area (Å²) in [7, 11) is 0. The molecule has 2 fully saturated rings. The van der Waals surface area contributed by atoms with Crippen LogP contribution in [-0.2, 0) is 14.3 Å². The Morgan fingerprint density at radius 2 is 1.48 bits per heavy atom. The van der Waals surface area contributed by atoms with Crippen LogP contribution in [0.25, 0.3) is 0 Å². The molecule has 156 valence electrons. The molecule has 2 aliphatic rings. The molecule has 0 aromatic rings. The lowest BCUT2D eigenvalue weighted by Gasteiger charge is -2.36. The maximum Gasteiger partial charge on any atom is 0.323 e. The third-order valence-electron chi connectivity index (χ3n) is 6.59. The number of carbonyl (C=O) groups is 2. The van der Waals surface area contributed by atoms with Crippen molar-refractivity contribution in [3.8, 4) is 0 Å². The molecule has 5 heteroatoms. The number of carbonyl (C=O) groups excluding carboxylic acids is 2. The van der Waals surface area contributed by atoms with E-state index in [2.05, 4.69) is 38.3 Å². The van der Waals surface area contributed by atoms with E-state index in [-0.39, 0.29) is 30.4 Å². The molecule has 2 saturated carbocycles. The highest BCUT2D eigenvalue weighted by molar-refractivity contribution is 5.85. The van der Waals surface area contributed by atoms with Gasteiger partial charge in [0.05, 0.1) is 13.0 Å². The lowest BCUT2D eigenvalue weighted by molar-refractivity contribution is -0.147. The summed E-state index contributed by atoms with van der Waals surface area (Å²) in [5.41, 5.74) is 0. The Labute approximate surface area is 165 Å². The average molecular weight is 381 g/mol. The fraction of sp³-hybridized carbons (Fsp3) is 0.909. The van der Waals surface area contributed by atoms with Gasteiger partial charge in [-0.15, -0.1) is 0 Å². The van der Waals surface area contributed by atoms with Gasteiger partial charge in [0.1, 0.15) is 6.04 Å². The summed E-state index contributed by atoms with van der Waals surface area (Å²) < 4.78 is 5.25. The molecule has 0 bridgehead atoms. The van der Waals surface area contributed by atoms with Gasteiger partial charge in [-0.1, -0.05) is 27.7 Å². The van der Waals surface area contributed by atoms with E-state index >= 15 is 0 Å². The highest BCUT2D eigenvalue weighted by atomic mass is 16.5. The molecule has 0 aromatic carbocycles. The second-order valence-electron chi connectivity index (χ2n) is 9.25. The van der Waals surface area contributed by atoms with E-state index in [9.17, 15) is 9.59 Å². The summed E-state index contributed by atoms with van der Waals surface area (Å²) in [5, 5.41) is 6.65. The second kappa shape index (κ2) is 10.4. The number of hydrogen-bond acceptors (Lipinski definition) is 4. The van der Waals surface area contributed by atoms with Gasteiger partial charge < -0.3 is 15.4 Å². The van der Waals surface area contributed by atoms with Gasteiger partial charge in [0.15, 0.2) is 0 Å². The number of amides is 1. The van der Waals surface area contributed by atoms with Crippen LogP contribution >= 0.6 is 0 Å². The van der Waals surface area contributed by atoms with Crippen molar-refractivity contribution >= 4 is 11.9 Å². The maximum absolute atomic E-state index is 12.7. The zero-order chi connectivity index (χ0) is 20.0. The average Bonchev–Trinajstić information content (AvgIpc) is 2.59. The Kier molecular flexibility index (Phi) is 8.59. The molecular weight excluding hydrogens is 340 g/mol. The molecule has 2 rings (SSSR count). The fourth-order valence-corrected chi connectivity index (χ4v) is 4.96. The minimum atomic E-state index is -0.552.